The standard InChI is InChI=1S/C10H7N3O7S.2Na/c14-8-4-9(21(18,19)20)7-3-5(13(16)17)1-2-6(7)10(8)11-12-15;;/h1-4,14H,(H,11,15)(H,18,19,20);;/q;2*+1/p-2. The zero-order valence-electron chi connectivity index (χ0n) is 12.0. The Labute approximate surface area is 173 Å². The minimum absolute atomic E-state index is 0. The number of nitrogens with one attached hydrogen (secondary N) is 1. The van der Waals surface area contributed by atoms with Crippen molar-refractivity contribution in [3.8, 4) is 5.75 Å². The van der Waals surface area contributed by atoms with E-state index >= 15 is 0 Å². The van der Waals surface area contributed by atoms with Gasteiger partial charge < -0.3 is 9.66 Å². The summed E-state index contributed by atoms with van der Waals surface area (Å²) < 4.78 is 33.5. The second-order valence-electron chi connectivity index (χ2n) is 3.89. The molecule has 0 saturated heterocycles. The van der Waals surface area contributed by atoms with Gasteiger partial charge in [0.05, 0.1) is 20.8 Å². The number of fused-ring (bicyclic) bond motifs is 1. The molecule has 0 atom stereocenters. The third kappa shape index (κ3) is 4.61. The number of non-ortho nitro benzene ring substituents is 1. The van der Waals surface area contributed by atoms with Crippen LogP contribution in [0.5, 0.6) is 5.75 Å². The SMILES string of the molecule is O=NNc1c([O-])cc(S(=O)(=O)[O-])c2cc([N+](=O)[O-])ccc12.[Na+].[Na+]. The number of nitroso groups, excluding NO2 is 1. The number of nitro groups is 1. The number of benzene rings is 2. The van der Waals surface area contributed by atoms with Crippen molar-refractivity contribution in [2.45, 2.75) is 4.90 Å². The molecular formula is C10H5N3Na2O7S. The molecule has 110 valence electrons. The fourth-order valence-electron chi connectivity index (χ4n) is 1.84. The van der Waals surface area contributed by atoms with Crippen molar-refractivity contribution in [2.24, 2.45) is 5.29 Å². The number of anilines is 1. The minimum Gasteiger partial charge on any atom is -0.871 e. The first-order chi connectivity index (χ1) is 9.75. The van der Waals surface area contributed by atoms with E-state index in [2.05, 4.69) is 5.29 Å². The van der Waals surface area contributed by atoms with Gasteiger partial charge in [0.1, 0.15) is 10.1 Å². The van der Waals surface area contributed by atoms with Gasteiger partial charge >= 0.3 is 59.1 Å². The van der Waals surface area contributed by atoms with E-state index in [9.17, 15) is 33.1 Å². The van der Waals surface area contributed by atoms with Gasteiger partial charge in [-0.2, -0.15) is 0 Å². The van der Waals surface area contributed by atoms with Gasteiger partial charge in [-0.1, -0.05) is 5.75 Å². The summed E-state index contributed by atoms with van der Waals surface area (Å²) in [6.07, 6.45) is 0. The molecule has 0 radical (unpaired) electrons. The first-order valence-electron chi connectivity index (χ1n) is 5.22. The maximum atomic E-state index is 11.7. The van der Waals surface area contributed by atoms with Crippen molar-refractivity contribution in [3.63, 3.8) is 0 Å². The predicted molar refractivity (Wildman–Crippen MR) is 67.4 cm³/mol. The number of rotatable bonds is 4. The maximum absolute atomic E-state index is 11.7. The van der Waals surface area contributed by atoms with Crippen molar-refractivity contribution >= 4 is 32.3 Å². The van der Waals surface area contributed by atoms with Gasteiger partial charge in [0, 0.05) is 22.9 Å². The number of nitro benzene ring substituents is 1. The average Bonchev–Trinajstić information content (AvgIpc) is 2.39. The Morgan fingerprint density at radius 1 is 1.13 bits per heavy atom. The first-order valence-corrected chi connectivity index (χ1v) is 6.63. The molecule has 0 aliphatic heterocycles. The summed E-state index contributed by atoms with van der Waals surface area (Å²) in [5.41, 5.74) is 0.988. The summed E-state index contributed by atoms with van der Waals surface area (Å²) in [6, 6.07) is 3.37. The van der Waals surface area contributed by atoms with E-state index in [0.29, 0.717) is 6.07 Å². The number of hydrogen-bond donors (Lipinski definition) is 1. The quantitative estimate of drug-likeness (QED) is 0.186. The van der Waals surface area contributed by atoms with Gasteiger partial charge in [-0.25, -0.2) is 13.8 Å². The topological polar surface area (TPSA) is 165 Å². The summed E-state index contributed by atoms with van der Waals surface area (Å²) in [6.45, 7) is 0. The molecule has 0 spiro atoms. The van der Waals surface area contributed by atoms with Gasteiger partial charge in [-0.05, 0) is 12.1 Å². The summed E-state index contributed by atoms with van der Waals surface area (Å²) >= 11 is 0. The van der Waals surface area contributed by atoms with Crippen LogP contribution in [-0.4, -0.2) is 17.9 Å². The third-order valence-electron chi connectivity index (χ3n) is 2.68. The van der Waals surface area contributed by atoms with Crippen LogP contribution < -0.4 is 69.6 Å². The smallest absolute Gasteiger partial charge is 0.871 e. The number of hydrogen-bond acceptors (Lipinski definition) is 8. The van der Waals surface area contributed by atoms with Crippen LogP contribution in [0.4, 0.5) is 11.4 Å². The maximum Gasteiger partial charge on any atom is 1.00 e. The first kappa shape index (κ1) is 22.2. The molecule has 0 aliphatic carbocycles. The van der Waals surface area contributed by atoms with Crippen LogP contribution in [-0.2, 0) is 10.1 Å². The van der Waals surface area contributed by atoms with Crippen LogP contribution in [0, 0.1) is 15.0 Å². The minimum atomic E-state index is -5.04. The van der Waals surface area contributed by atoms with E-state index < -0.39 is 31.4 Å². The molecule has 0 saturated carbocycles. The molecule has 13 heteroatoms. The average molecular weight is 357 g/mol. The molecule has 2 rings (SSSR count). The van der Waals surface area contributed by atoms with Crippen LogP contribution in [0.3, 0.4) is 0 Å². The van der Waals surface area contributed by atoms with Gasteiger partial charge in [-0.15, -0.1) is 4.91 Å². The van der Waals surface area contributed by atoms with Crippen molar-refractivity contribution in [2.75, 3.05) is 5.43 Å². The fraction of sp³-hybridized carbons (Fsp3) is 0. The predicted octanol–water partition coefficient (Wildman–Crippen LogP) is -5.17. The second kappa shape index (κ2) is 8.35. The Hall–Kier alpha value is -0.790. The van der Waals surface area contributed by atoms with E-state index in [4.69, 9.17) is 0 Å². The van der Waals surface area contributed by atoms with Crippen molar-refractivity contribution in [1.29, 1.82) is 0 Å². The van der Waals surface area contributed by atoms with Crippen molar-refractivity contribution < 1.29 is 82.1 Å². The van der Waals surface area contributed by atoms with E-state index in [1.165, 1.54) is 0 Å². The van der Waals surface area contributed by atoms with E-state index in [1.807, 2.05) is 5.43 Å². The molecule has 1 N–H and O–H groups in total. The Kier molecular flexibility index (Phi) is 8.06. The van der Waals surface area contributed by atoms with Crippen LogP contribution in [0.2, 0.25) is 0 Å². The van der Waals surface area contributed by atoms with Crippen LogP contribution >= 0.6 is 0 Å². The van der Waals surface area contributed by atoms with E-state index in [0.717, 1.165) is 18.2 Å². The summed E-state index contributed by atoms with van der Waals surface area (Å²) in [4.78, 5) is 19.3. The zero-order chi connectivity index (χ0) is 15.8. The Morgan fingerprint density at radius 2 is 1.74 bits per heavy atom. The van der Waals surface area contributed by atoms with Gasteiger partial charge in [0.25, 0.3) is 5.69 Å². The molecule has 0 bridgehead atoms. The Morgan fingerprint density at radius 3 is 2.22 bits per heavy atom. The second-order valence-corrected chi connectivity index (χ2v) is 5.24. The van der Waals surface area contributed by atoms with E-state index in [-0.39, 0.29) is 75.6 Å². The molecule has 0 amide bonds. The number of nitrogens with zero attached hydrogens (tertiary/aromatic N) is 2. The summed E-state index contributed by atoms with van der Waals surface area (Å²) in [5.74, 6) is -0.953. The van der Waals surface area contributed by atoms with Gasteiger partial charge in [0.2, 0.25) is 0 Å². The van der Waals surface area contributed by atoms with Crippen LogP contribution in [0.25, 0.3) is 10.8 Å². The molecule has 2 aromatic rings. The summed E-state index contributed by atoms with van der Waals surface area (Å²) in [5, 5.41) is 24.3. The fourth-order valence-corrected chi connectivity index (χ4v) is 2.53. The van der Waals surface area contributed by atoms with E-state index in [1.54, 1.807) is 0 Å². The Bertz CT molecular complexity index is 872. The van der Waals surface area contributed by atoms with Crippen LogP contribution in [0.15, 0.2) is 34.4 Å². The van der Waals surface area contributed by atoms with Crippen molar-refractivity contribution in [1.82, 2.24) is 0 Å². The molecule has 23 heavy (non-hydrogen) atoms. The zero-order valence-corrected chi connectivity index (χ0v) is 16.8. The summed E-state index contributed by atoms with van der Waals surface area (Å²) in [7, 11) is -5.04. The monoisotopic (exact) mass is 357 g/mol. The molecule has 0 unspecified atom stereocenters. The largest absolute Gasteiger partial charge is 1.00 e. The molecule has 0 aliphatic rings. The molecular weight excluding hydrogens is 352 g/mol. The Balaban J connectivity index is 0.00000242. The van der Waals surface area contributed by atoms with Crippen molar-refractivity contribution in [3.05, 3.63) is 39.3 Å². The van der Waals surface area contributed by atoms with Gasteiger partial charge in [0.15, 0.2) is 0 Å². The molecule has 0 fully saturated rings. The van der Waals surface area contributed by atoms with Gasteiger partial charge in [-0.3, -0.25) is 10.1 Å². The molecule has 2 aromatic carbocycles. The normalized spacial score (nSPS) is 10.3. The molecule has 0 aromatic heterocycles. The van der Waals surface area contributed by atoms with Crippen LogP contribution in [0.1, 0.15) is 0 Å². The molecule has 0 heterocycles. The third-order valence-corrected chi connectivity index (χ3v) is 3.56. The molecule has 10 nitrogen and oxygen atoms in total.